The van der Waals surface area contributed by atoms with Gasteiger partial charge in [0.1, 0.15) is 0 Å². The molecule has 2 aliphatic carbocycles. The number of rotatable bonds is 3. The van der Waals surface area contributed by atoms with Crippen LogP contribution in [0.1, 0.15) is 83.5 Å². The Hall–Kier alpha value is -1.06. The molecule has 0 spiro atoms. The van der Waals surface area contributed by atoms with Gasteiger partial charge in [-0.2, -0.15) is 0 Å². The van der Waals surface area contributed by atoms with E-state index in [1.54, 1.807) is 0 Å². The SMILES string of the molecule is O=C(NC1CCCCC1)C1CC(=O)N(C2CCCCCCC2)C1. The highest BCUT2D eigenvalue weighted by atomic mass is 16.2. The second-order valence-corrected chi connectivity index (χ2v) is 7.79. The molecule has 1 saturated heterocycles. The van der Waals surface area contributed by atoms with Gasteiger partial charge in [-0.3, -0.25) is 9.59 Å². The average molecular weight is 320 g/mol. The summed E-state index contributed by atoms with van der Waals surface area (Å²) in [6.07, 6.45) is 15.0. The number of hydrogen-bond donors (Lipinski definition) is 1. The van der Waals surface area contributed by atoms with Crippen LogP contribution in [0, 0.1) is 5.92 Å². The minimum absolute atomic E-state index is 0.116. The second-order valence-electron chi connectivity index (χ2n) is 7.79. The number of nitrogens with one attached hydrogen (secondary N) is 1. The van der Waals surface area contributed by atoms with Crippen molar-refractivity contribution in [1.82, 2.24) is 10.2 Å². The van der Waals surface area contributed by atoms with E-state index in [1.165, 1.54) is 51.4 Å². The summed E-state index contributed by atoms with van der Waals surface area (Å²) in [5.74, 6) is 0.216. The van der Waals surface area contributed by atoms with E-state index >= 15 is 0 Å². The molecule has 4 nitrogen and oxygen atoms in total. The number of likely N-dealkylation sites (tertiary alicyclic amines) is 1. The van der Waals surface area contributed by atoms with Gasteiger partial charge in [-0.1, -0.05) is 51.4 Å². The first-order chi connectivity index (χ1) is 11.2. The van der Waals surface area contributed by atoms with Gasteiger partial charge in [0.25, 0.3) is 0 Å². The molecule has 0 radical (unpaired) electrons. The molecule has 1 atom stereocenters. The van der Waals surface area contributed by atoms with E-state index in [1.807, 2.05) is 4.90 Å². The summed E-state index contributed by atoms with van der Waals surface area (Å²) in [6, 6.07) is 0.733. The summed E-state index contributed by atoms with van der Waals surface area (Å²) in [7, 11) is 0. The number of carbonyl (C=O) groups excluding carboxylic acids is 2. The van der Waals surface area contributed by atoms with Crippen LogP contribution in [-0.2, 0) is 9.59 Å². The van der Waals surface area contributed by atoms with Gasteiger partial charge >= 0.3 is 0 Å². The molecule has 2 amide bonds. The summed E-state index contributed by atoms with van der Waals surface area (Å²) in [5.41, 5.74) is 0. The van der Waals surface area contributed by atoms with E-state index in [-0.39, 0.29) is 17.7 Å². The van der Waals surface area contributed by atoms with Crippen molar-refractivity contribution < 1.29 is 9.59 Å². The van der Waals surface area contributed by atoms with Gasteiger partial charge < -0.3 is 10.2 Å². The molecule has 1 aliphatic heterocycles. The molecule has 130 valence electrons. The third-order valence-electron chi connectivity index (χ3n) is 6.00. The quantitative estimate of drug-likeness (QED) is 0.866. The molecule has 0 aromatic carbocycles. The van der Waals surface area contributed by atoms with Gasteiger partial charge in [-0.15, -0.1) is 0 Å². The second kappa shape index (κ2) is 8.16. The van der Waals surface area contributed by atoms with Crippen molar-refractivity contribution in [3.63, 3.8) is 0 Å². The topological polar surface area (TPSA) is 49.4 Å². The Bertz CT molecular complexity index is 410. The lowest BCUT2D eigenvalue weighted by atomic mass is 9.94. The van der Waals surface area contributed by atoms with Crippen molar-refractivity contribution in [3.05, 3.63) is 0 Å². The molecule has 1 unspecified atom stereocenters. The van der Waals surface area contributed by atoms with E-state index < -0.39 is 0 Å². The minimum atomic E-state index is -0.116. The van der Waals surface area contributed by atoms with Gasteiger partial charge in [0, 0.05) is 25.0 Å². The number of amides is 2. The van der Waals surface area contributed by atoms with Crippen LogP contribution in [-0.4, -0.2) is 35.3 Å². The molecule has 1 N–H and O–H groups in total. The molecular weight excluding hydrogens is 288 g/mol. The predicted octanol–water partition coefficient (Wildman–Crippen LogP) is 3.40. The van der Waals surface area contributed by atoms with E-state index in [9.17, 15) is 9.59 Å². The van der Waals surface area contributed by atoms with Crippen LogP contribution >= 0.6 is 0 Å². The van der Waals surface area contributed by atoms with Crippen molar-refractivity contribution in [2.75, 3.05) is 6.54 Å². The number of hydrogen-bond acceptors (Lipinski definition) is 2. The van der Waals surface area contributed by atoms with Crippen LogP contribution in [0.3, 0.4) is 0 Å². The summed E-state index contributed by atoms with van der Waals surface area (Å²) >= 11 is 0. The predicted molar refractivity (Wildman–Crippen MR) is 90.9 cm³/mol. The zero-order valence-corrected chi connectivity index (χ0v) is 14.4. The molecule has 1 heterocycles. The van der Waals surface area contributed by atoms with Crippen LogP contribution in [0.2, 0.25) is 0 Å². The maximum absolute atomic E-state index is 12.5. The molecule has 3 rings (SSSR count). The average Bonchev–Trinajstić information content (AvgIpc) is 2.90. The van der Waals surface area contributed by atoms with Crippen molar-refractivity contribution >= 4 is 11.8 Å². The molecule has 23 heavy (non-hydrogen) atoms. The molecule has 0 aromatic rings. The van der Waals surface area contributed by atoms with Crippen molar-refractivity contribution in [2.45, 2.75) is 95.6 Å². The summed E-state index contributed by atoms with van der Waals surface area (Å²) < 4.78 is 0. The first-order valence-corrected chi connectivity index (χ1v) is 9.84. The lowest BCUT2D eigenvalue weighted by Crippen LogP contribution is -2.42. The molecule has 3 aliphatic rings. The minimum Gasteiger partial charge on any atom is -0.353 e. The van der Waals surface area contributed by atoms with E-state index in [0.717, 1.165) is 25.7 Å². The Labute approximate surface area is 140 Å². The monoisotopic (exact) mass is 320 g/mol. The smallest absolute Gasteiger partial charge is 0.225 e. The van der Waals surface area contributed by atoms with E-state index in [4.69, 9.17) is 0 Å². The number of carbonyl (C=O) groups is 2. The maximum Gasteiger partial charge on any atom is 0.225 e. The molecule has 3 fully saturated rings. The van der Waals surface area contributed by atoms with Crippen molar-refractivity contribution in [3.8, 4) is 0 Å². The van der Waals surface area contributed by atoms with Gasteiger partial charge in [0.15, 0.2) is 0 Å². The first-order valence-electron chi connectivity index (χ1n) is 9.84. The zero-order valence-electron chi connectivity index (χ0n) is 14.4. The molecule has 2 saturated carbocycles. The normalized spacial score (nSPS) is 28.4. The number of nitrogens with zero attached hydrogens (tertiary/aromatic N) is 1. The highest BCUT2D eigenvalue weighted by Gasteiger charge is 2.38. The Balaban J connectivity index is 1.52. The van der Waals surface area contributed by atoms with Gasteiger partial charge in [-0.25, -0.2) is 0 Å². The summed E-state index contributed by atoms with van der Waals surface area (Å²) in [5, 5.41) is 3.21. The lowest BCUT2D eigenvalue weighted by Gasteiger charge is -2.30. The van der Waals surface area contributed by atoms with E-state index in [0.29, 0.717) is 25.0 Å². The van der Waals surface area contributed by atoms with Gasteiger partial charge in [0.05, 0.1) is 5.92 Å². The molecular formula is C19H32N2O2. The summed E-state index contributed by atoms with van der Waals surface area (Å²) in [4.78, 5) is 27.0. The van der Waals surface area contributed by atoms with E-state index in [2.05, 4.69) is 5.32 Å². The standard InChI is InChI=1S/C19H32N2O2/c22-18-13-15(19(23)20-16-9-5-4-6-10-16)14-21(18)17-11-7-2-1-3-8-12-17/h15-17H,1-14H2,(H,20,23). The van der Waals surface area contributed by atoms with Crippen LogP contribution in [0.5, 0.6) is 0 Å². The zero-order chi connectivity index (χ0) is 16.1. The fourth-order valence-electron chi connectivity index (χ4n) is 4.57. The Morgan fingerprint density at radius 1 is 0.870 bits per heavy atom. The molecule has 4 heteroatoms. The summed E-state index contributed by atoms with van der Waals surface area (Å²) in [6.45, 7) is 0.655. The van der Waals surface area contributed by atoms with Crippen molar-refractivity contribution in [2.24, 2.45) is 5.92 Å². The highest BCUT2D eigenvalue weighted by molar-refractivity contribution is 5.89. The van der Waals surface area contributed by atoms with Crippen LogP contribution in [0.15, 0.2) is 0 Å². The van der Waals surface area contributed by atoms with Crippen molar-refractivity contribution in [1.29, 1.82) is 0 Å². The third kappa shape index (κ3) is 4.48. The largest absolute Gasteiger partial charge is 0.353 e. The highest BCUT2D eigenvalue weighted by Crippen LogP contribution is 2.28. The lowest BCUT2D eigenvalue weighted by molar-refractivity contribution is -0.130. The Morgan fingerprint density at radius 3 is 2.13 bits per heavy atom. The van der Waals surface area contributed by atoms with Crippen LogP contribution in [0.25, 0.3) is 0 Å². The first kappa shape index (κ1) is 16.8. The molecule has 0 aromatic heterocycles. The maximum atomic E-state index is 12.5. The fourth-order valence-corrected chi connectivity index (χ4v) is 4.57. The molecule has 0 bridgehead atoms. The Morgan fingerprint density at radius 2 is 1.43 bits per heavy atom. The fraction of sp³-hybridized carbons (Fsp3) is 0.895. The van der Waals surface area contributed by atoms with Gasteiger partial charge in [-0.05, 0) is 25.7 Å². The van der Waals surface area contributed by atoms with Crippen LogP contribution in [0.4, 0.5) is 0 Å². The Kier molecular flexibility index (Phi) is 5.96. The van der Waals surface area contributed by atoms with Crippen LogP contribution < -0.4 is 5.32 Å². The third-order valence-corrected chi connectivity index (χ3v) is 6.00. The van der Waals surface area contributed by atoms with Gasteiger partial charge in [0.2, 0.25) is 11.8 Å².